The van der Waals surface area contributed by atoms with E-state index in [9.17, 15) is 0 Å². The maximum absolute atomic E-state index is 6.56. The highest BCUT2D eigenvalue weighted by atomic mass is 35.6. The first kappa shape index (κ1) is 19.1. The van der Waals surface area contributed by atoms with Crippen LogP contribution in [0.2, 0.25) is 57.5 Å². The minimum atomic E-state index is -1.57. The molecule has 0 radical (unpaired) electrons. The van der Waals surface area contributed by atoms with Crippen molar-refractivity contribution in [3.63, 3.8) is 0 Å². The predicted octanol–water partition coefficient (Wildman–Crippen LogP) is 3.93. The predicted molar refractivity (Wildman–Crippen MR) is 94.0 cm³/mol. The van der Waals surface area contributed by atoms with E-state index < -0.39 is 33.5 Å². The molecule has 0 rings (SSSR count). The first-order valence-corrected chi connectivity index (χ1v) is 19.3. The minimum Gasteiger partial charge on any atom is -0.398 e. The standard InChI is InChI=1S/C11H31ClO2Si4/c1-10(18(8,9)12)15-11(13-16(2,3)4)14-17(5,6)7/h10-11H,15H2,1-9H3. The molecule has 110 valence electrons. The highest BCUT2D eigenvalue weighted by Crippen LogP contribution is 2.26. The van der Waals surface area contributed by atoms with Gasteiger partial charge in [-0.1, -0.05) is 20.0 Å². The lowest BCUT2D eigenvalue weighted by Crippen LogP contribution is -2.46. The van der Waals surface area contributed by atoms with Crippen LogP contribution < -0.4 is 0 Å². The van der Waals surface area contributed by atoms with E-state index in [1.807, 2.05) is 0 Å². The molecular weight excluding hydrogens is 312 g/mol. The van der Waals surface area contributed by atoms with Crippen LogP contribution in [0.5, 0.6) is 0 Å². The molecule has 0 aromatic rings. The summed E-state index contributed by atoms with van der Waals surface area (Å²) in [6.07, 6.45) is 0. The molecule has 1 unspecified atom stereocenters. The zero-order valence-electron chi connectivity index (χ0n) is 13.6. The second kappa shape index (κ2) is 6.69. The maximum Gasteiger partial charge on any atom is 0.186 e. The molecule has 0 saturated carbocycles. The summed E-state index contributed by atoms with van der Waals surface area (Å²) < 4.78 is 12.5. The lowest BCUT2D eigenvalue weighted by atomic mass is 10.9. The van der Waals surface area contributed by atoms with Crippen LogP contribution in [0.3, 0.4) is 0 Å². The van der Waals surface area contributed by atoms with Crippen LogP contribution in [0.1, 0.15) is 6.92 Å². The fourth-order valence-electron chi connectivity index (χ4n) is 1.48. The Morgan fingerprint density at radius 3 is 1.39 bits per heavy atom. The molecule has 0 fully saturated rings. The largest absolute Gasteiger partial charge is 0.398 e. The van der Waals surface area contributed by atoms with Crippen molar-refractivity contribution < 1.29 is 8.85 Å². The lowest BCUT2D eigenvalue weighted by molar-refractivity contribution is 0.0603. The Kier molecular flexibility index (Phi) is 7.09. The number of halogens is 1. The Labute approximate surface area is 124 Å². The normalized spacial score (nSPS) is 16.8. The van der Waals surface area contributed by atoms with Crippen LogP contribution in [0.15, 0.2) is 0 Å². The molecule has 0 N–H and O–H groups in total. The Hall–Kier alpha value is 1.08. The van der Waals surface area contributed by atoms with Crippen LogP contribution in [0.4, 0.5) is 0 Å². The first-order chi connectivity index (χ1) is 7.71. The van der Waals surface area contributed by atoms with E-state index >= 15 is 0 Å². The molecule has 0 aliphatic carbocycles. The van der Waals surface area contributed by atoms with E-state index in [1.165, 1.54) is 0 Å². The third kappa shape index (κ3) is 9.94. The quantitative estimate of drug-likeness (QED) is 0.396. The highest BCUT2D eigenvalue weighted by molar-refractivity contribution is 7.22. The van der Waals surface area contributed by atoms with Gasteiger partial charge in [-0.15, -0.1) is 0 Å². The Morgan fingerprint density at radius 2 is 1.17 bits per heavy atom. The van der Waals surface area contributed by atoms with Crippen molar-refractivity contribution in [2.75, 3.05) is 0 Å². The molecule has 0 aliphatic rings. The van der Waals surface area contributed by atoms with E-state index in [1.54, 1.807) is 0 Å². The van der Waals surface area contributed by atoms with E-state index in [4.69, 9.17) is 19.9 Å². The zero-order chi connectivity index (χ0) is 14.8. The van der Waals surface area contributed by atoms with Crippen molar-refractivity contribution >= 4 is 44.6 Å². The molecule has 7 heteroatoms. The van der Waals surface area contributed by atoms with Gasteiger partial charge < -0.3 is 8.85 Å². The van der Waals surface area contributed by atoms with Crippen LogP contribution >= 0.6 is 11.1 Å². The molecular formula is C11H31ClO2Si4. The van der Waals surface area contributed by atoms with Gasteiger partial charge in [0, 0.05) is 0 Å². The Balaban J connectivity index is 4.68. The minimum absolute atomic E-state index is 0.0730. The maximum atomic E-state index is 6.56. The molecule has 0 aliphatic heterocycles. The highest BCUT2D eigenvalue weighted by Gasteiger charge is 2.33. The summed E-state index contributed by atoms with van der Waals surface area (Å²) in [5.74, 6) is 0.0730. The summed E-state index contributed by atoms with van der Waals surface area (Å²) in [6.45, 7) is 20.1. The number of hydrogen-bond donors (Lipinski definition) is 0. The second-order valence-electron chi connectivity index (χ2n) is 7.59. The van der Waals surface area contributed by atoms with Gasteiger partial charge in [0.15, 0.2) is 16.6 Å². The van der Waals surface area contributed by atoms with Gasteiger partial charge in [-0.3, -0.25) is 0 Å². The summed E-state index contributed by atoms with van der Waals surface area (Å²) in [5, 5.41) is 0.636. The van der Waals surface area contributed by atoms with Gasteiger partial charge in [-0.05, 0) is 44.4 Å². The van der Waals surface area contributed by atoms with Gasteiger partial charge in [0.05, 0.1) is 9.52 Å². The van der Waals surface area contributed by atoms with Crippen LogP contribution in [0, 0.1) is 0 Å². The topological polar surface area (TPSA) is 18.5 Å². The summed E-state index contributed by atoms with van der Waals surface area (Å²) >= 11 is 6.56. The SMILES string of the molecule is CC([SiH2]C(O[Si](C)(C)C)O[Si](C)(C)C)[Si](C)(C)Cl. The molecule has 0 spiro atoms. The van der Waals surface area contributed by atoms with E-state index in [-0.39, 0.29) is 5.91 Å². The van der Waals surface area contributed by atoms with E-state index in [0.717, 1.165) is 0 Å². The van der Waals surface area contributed by atoms with Gasteiger partial charge >= 0.3 is 0 Å². The first-order valence-electron chi connectivity index (χ1n) is 6.75. The second-order valence-corrected chi connectivity index (χ2v) is 26.7. The van der Waals surface area contributed by atoms with Crippen LogP contribution in [0.25, 0.3) is 0 Å². The van der Waals surface area contributed by atoms with Gasteiger partial charge in [0.1, 0.15) is 13.3 Å². The van der Waals surface area contributed by atoms with Gasteiger partial charge in [-0.2, -0.15) is 11.1 Å². The molecule has 0 amide bonds. The lowest BCUT2D eigenvalue weighted by Gasteiger charge is -2.34. The van der Waals surface area contributed by atoms with Crippen molar-refractivity contribution in [3.8, 4) is 0 Å². The molecule has 0 aromatic carbocycles. The number of rotatable bonds is 7. The summed E-state index contributed by atoms with van der Waals surface area (Å²) in [7, 11) is -5.11. The third-order valence-electron chi connectivity index (χ3n) is 2.69. The van der Waals surface area contributed by atoms with Gasteiger partial charge in [-0.25, -0.2) is 0 Å². The van der Waals surface area contributed by atoms with Crippen molar-refractivity contribution in [2.45, 2.75) is 70.4 Å². The third-order valence-corrected chi connectivity index (χ3v) is 14.7. The summed E-state index contributed by atoms with van der Waals surface area (Å²) in [6, 6.07) is 0. The Morgan fingerprint density at radius 1 is 0.833 bits per heavy atom. The average molecular weight is 343 g/mol. The molecule has 0 saturated heterocycles. The van der Waals surface area contributed by atoms with Crippen molar-refractivity contribution in [2.24, 2.45) is 0 Å². The molecule has 0 aromatic heterocycles. The zero-order valence-corrected chi connectivity index (χ0v) is 18.7. The number of hydrogen-bond acceptors (Lipinski definition) is 2. The fourth-order valence-corrected chi connectivity index (χ4v) is 11.2. The van der Waals surface area contributed by atoms with Gasteiger partial charge in [0.25, 0.3) is 0 Å². The van der Waals surface area contributed by atoms with E-state index in [2.05, 4.69) is 59.3 Å². The fraction of sp³-hybridized carbons (Fsp3) is 1.00. The molecule has 0 heterocycles. The van der Waals surface area contributed by atoms with Crippen molar-refractivity contribution in [1.29, 1.82) is 0 Å². The molecule has 18 heavy (non-hydrogen) atoms. The average Bonchev–Trinajstić information content (AvgIpc) is 1.94. The summed E-state index contributed by atoms with van der Waals surface area (Å²) in [5.41, 5.74) is 0. The smallest absolute Gasteiger partial charge is 0.186 e. The van der Waals surface area contributed by atoms with Crippen molar-refractivity contribution in [1.82, 2.24) is 0 Å². The van der Waals surface area contributed by atoms with Crippen LogP contribution in [-0.2, 0) is 8.85 Å². The van der Waals surface area contributed by atoms with Crippen LogP contribution in [-0.4, -0.2) is 39.5 Å². The molecule has 2 nitrogen and oxygen atoms in total. The van der Waals surface area contributed by atoms with Gasteiger partial charge in [0.2, 0.25) is 0 Å². The van der Waals surface area contributed by atoms with E-state index in [0.29, 0.717) is 5.16 Å². The molecule has 0 bridgehead atoms. The molecule has 1 atom stereocenters. The summed E-state index contributed by atoms with van der Waals surface area (Å²) in [4.78, 5) is 0. The Bertz CT molecular complexity index is 239. The monoisotopic (exact) mass is 342 g/mol. The van der Waals surface area contributed by atoms with Crippen molar-refractivity contribution in [3.05, 3.63) is 0 Å².